The van der Waals surface area contributed by atoms with Crippen molar-refractivity contribution in [1.29, 1.82) is 0 Å². The van der Waals surface area contributed by atoms with Crippen LogP contribution in [0.2, 0.25) is 5.15 Å². The smallest absolute Gasteiger partial charge is 0.134 e. The lowest BCUT2D eigenvalue weighted by Gasteiger charge is -2.34. The Bertz CT molecular complexity index is 374. The molecule has 0 aliphatic heterocycles. The first-order valence-corrected chi connectivity index (χ1v) is 6.72. The number of rotatable bonds is 2. The van der Waals surface area contributed by atoms with Crippen molar-refractivity contribution in [3.63, 3.8) is 0 Å². The molecule has 1 N–H and O–H groups in total. The van der Waals surface area contributed by atoms with Crippen molar-refractivity contribution in [1.82, 2.24) is 9.97 Å². The van der Waals surface area contributed by atoms with Crippen LogP contribution in [0.4, 0.5) is 5.82 Å². The van der Waals surface area contributed by atoms with E-state index in [9.17, 15) is 0 Å². The monoisotopic (exact) mass is 253 g/mol. The van der Waals surface area contributed by atoms with Crippen molar-refractivity contribution in [2.45, 2.75) is 46.1 Å². The predicted molar refractivity (Wildman–Crippen MR) is 71.4 cm³/mol. The third-order valence-electron chi connectivity index (χ3n) is 3.85. The first-order chi connectivity index (χ1) is 8.06. The number of aryl methyl sites for hydroxylation is 1. The molecule has 3 atom stereocenters. The van der Waals surface area contributed by atoms with E-state index in [2.05, 4.69) is 29.1 Å². The van der Waals surface area contributed by atoms with E-state index in [0.717, 1.165) is 17.6 Å². The topological polar surface area (TPSA) is 37.8 Å². The van der Waals surface area contributed by atoms with Gasteiger partial charge in [0.25, 0.3) is 0 Å². The molecule has 0 radical (unpaired) electrons. The van der Waals surface area contributed by atoms with Crippen LogP contribution < -0.4 is 5.32 Å². The van der Waals surface area contributed by atoms with Gasteiger partial charge in [0.1, 0.15) is 16.8 Å². The average Bonchev–Trinajstić information content (AvgIpc) is 2.23. The molecule has 1 heterocycles. The molecule has 3 nitrogen and oxygen atoms in total. The molecule has 1 aromatic rings. The molecular formula is C13H20ClN3. The van der Waals surface area contributed by atoms with Gasteiger partial charge in [-0.05, 0) is 25.2 Å². The molecule has 0 saturated heterocycles. The molecule has 1 fully saturated rings. The number of hydrogen-bond donors (Lipinski definition) is 1. The first kappa shape index (κ1) is 12.6. The summed E-state index contributed by atoms with van der Waals surface area (Å²) in [4.78, 5) is 8.46. The van der Waals surface area contributed by atoms with Gasteiger partial charge in [0.15, 0.2) is 0 Å². The number of nitrogens with zero attached hydrogens (tertiary/aromatic N) is 2. The summed E-state index contributed by atoms with van der Waals surface area (Å²) in [7, 11) is 0. The number of anilines is 1. The van der Waals surface area contributed by atoms with Crippen LogP contribution >= 0.6 is 11.6 Å². The normalized spacial score (nSPS) is 29.1. The fourth-order valence-electron chi connectivity index (χ4n) is 2.58. The lowest BCUT2D eigenvalue weighted by molar-refractivity contribution is 0.253. The van der Waals surface area contributed by atoms with Crippen LogP contribution in [0.25, 0.3) is 0 Å². The van der Waals surface area contributed by atoms with Gasteiger partial charge in [-0.15, -0.1) is 0 Å². The van der Waals surface area contributed by atoms with Gasteiger partial charge in [-0.2, -0.15) is 0 Å². The van der Waals surface area contributed by atoms with Gasteiger partial charge in [-0.1, -0.05) is 38.3 Å². The molecule has 1 aliphatic carbocycles. The Labute approximate surface area is 108 Å². The van der Waals surface area contributed by atoms with E-state index in [0.29, 0.717) is 17.1 Å². The zero-order valence-electron chi connectivity index (χ0n) is 10.7. The Morgan fingerprint density at radius 2 is 2.06 bits per heavy atom. The Balaban J connectivity index is 2.09. The SMILES string of the molecule is Cc1nc(Cl)cc(NC2CCCC(C)C2C)n1. The highest BCUT2D eigenvalue weighted by Crippen LogP contribution is 2.31. The molecule has 3 unspecified atom stereocenters. The lowest BCUT2D eigenvalue weighted by Crippen LogP contribution is -2.35. The van der Waals surface area contributed by atoms with Gasteiger partial charge in [0.05, 0.1) is 0 Å². The lowest BCUT2D eigenvalue weighted by atomic mass is 9.78. The fourth-order valence-corrected chi connectivity index (χ4v) is 2.81. The molecule has 1 aromatic heterocycles. The molecule has 1 saturated carbocycles. The Hall–Kier alpha value is -0.830. The van der Waals surface area contributed by atoms with E-state index in [1.165, 1.54) is 19.3 Å². The molecule has 94 valence electrons. The largest absolute Gasteiger partial charge is 0.367 e. The van der Waals surface area contributed by atoms with Crippen LogP contribution in [0.3, 0.4) is 0 Å². The van der Waals surface area contributed by atoms with Gasteiger partial charge >= 0.3 is 0 Å². The Kier molecular flexibility index (Phi) is 3.87. The van der Waals surface area contributed by atoms with Crippen LogP contribution in [0.1, 0.15) is 38.9 Å². The second kappa shape index (κ2) is 5.21. The maximum absolute atomic E-state index is 5.94. The van der Waals surface area contributed by atoms with Crippen molar-refractivity contribution < 1.29 is 0 Å². The minimum Gasteiger partial charge on any atom is -0.367 e. The highest BCUT2D eigenvalue weighted by Gasteiger charge is 2.27. The fraction of sp³-hybridized carbons (Fsp3) is 0.692. The number of hydrogen-bond acceptors (Lipinski definition) is 3. The van der Waals surface area contributed by atoms with Crippen molar-refractivity contribution in [3.8, 4) is 0 Å². The minimum atomic E-state index is 0.504. The van der Waals surface area contributed by atoms with Crippen molar-refractivity contribution in [2.24, 2.45) is 11.8 Å². The summed E-state index contributed by atoms with van der Waals surface area (Å²) in [6, 6.07) is 2.31. The van der Waals surface area contributed by atoms with Crippen LogP contribution in [-0.4, -0.2) is 16.0 Å². The minimum absolute atomic E-state index is 0.504. The highest BCUT2D eigenvalue weighted by atomic mass is 35.5. The predicted octanol–water partition coefficient (Wildman–Crippen LogP) is 3.68. The van der Waals surface area contributed by atoms with Gasteiger partial charge in [-0.3, -0.25) is 0 Å². The summed E-state index contributed by atoms with van der Waals surface area (Å²) in [6.45, 7) is 6.51. The van der Waals surface area contributed by atoms with E-state index in [1.54, 1.807) is 6.07 Å². The number of aromatic nitrogens is 2. The Morgan fingerprint density at radius 1 is 1.29 bits per heavy atom. The van der Waals surface area contributed by atoms with Crippen LogP contribution in [0.15, 0.2) is 6.07 Å². The number of nitrogens with one attached hydrogen (secondary N) is 1. The van der Waals surface area contributed by atoms with E-state index in [4.69, 9.17) is 11.6 Å². The first-order valence-electron chi connectivity index (χ1n) is 6.34. The van der Waals surface area contributed by atoms with Crippen molar-refractivity contribution >= 4 is 17.4 Å². The maximum atomic E-state index is 5.94. The number of halogens is 1. The van der Waals surface area contributed by atoms with Crippen LogP contribution in [0.5, 0.6) is 0 Å². The maximum Gasteiger partial charge on any atom is 0.134 e. The second-order valence-electron chi connectivity index (χ2n) is 5.14. The van der Waals surface area contributed by atoms with Crippen molar-refractivity contribution in [3.05, 3.63) is 17.0 Å². The average molecular weight is 254 g/mol. The molecule has 0 amide bonds. The molecule has 4 heteroatoms. The molecule has 0 spiro atoms. The van der Waals surface area contributed by atoms with E-state index < -0.39 is 0 Å². The molecule has 2 rings (SSSR count). The summed E-state index contributed by atoms with van der Waals surface area (Å²) < 4.78 is 0. The van der Waals surface area contributed by atoms with E-state index in [-0.39, 0.29) is 0 Å². The molecule has 1 aliphatic rings. The van der Waals surface area contributed by atoms with Gasteiger partial charge in [0.2, 0.25) is 0 Å². The summed E-state index contributed by atoms with van der Waals surface area (Å²) in [5.41, 5.74) is 0. The third kappa shape index (κ3) is 3.09. The molecule has 17 heavy (non-hydrogen) atoms. The van der Waals surface area contributed by atoms with Gasteiger partial charge < -0.3 is 5.32 Å². The van der Waals surface area contributed by atoms with Crippen LogP contribution in [0, 0.1) is 18.8 Å². The van der Waals surface area contributed by atoms with Gasteiger partial charge in [-0.25, -0.2) is 9.97 Å². The molecule has 0 aromatic carbocycles. The standard InChI is InChI=1S/C13H20ClN3/c1-8-5-4-6-11(9(8)2)17-13-7-12(14)15-10(3)16-13/h7-9,11H,4-6H2,1-3H3,(H,15,16,17). The molecular weight excluding hydrogens is 234 g/mol. The Morgan fingerprint density at radius 3 is 2.76 bits per heavy atom. The van der Waals surface area contributed by atoms with Crippen LogP contribution in [-0.2, 0) is 0 Å². The summed E-state index contributed by atoms with van der Waals surface area (Å²) in [5, 5.41) is 4.02. The molecule has 0 bridgehead atoms. The summed E-state index contributed by atoms with van der Waals surface area (Å²) in [6.07, 6.45) is 3.84. The zero-order valence-corrected chi connectivity index (χ0v) is 11.5. The third-order valence-corrected chi connectivity index (χ3v) is 4.04. The zero-order chi connectivity index (χ0) is 12.4. The quantitative estimate of drug-likeness (QED) is 0.818. The van der Waals surface area contributed by atoms with Crippen molar-refractivity contribution in [2.75, 3.05) is 5.32 Å². The highest BCUT2D eigenvalue weighted by molar-refractivity contribution is 6.29. The van der Waals surface area contributed by atoms with E-state index in [1.807, 2.05) is 6.92 Å². The van der Waals surface area contributed by atoms with Gasteiger partial charge in [0, 0.05) is 12.1 Å². The summed E-state index contributed by atoms with van der Waals surface area (Å²) in [5.74, 6) is 3.03. The second-order valence-corrected chi connectivity index (χ2v) is 5.53. The van der Waals surface area contributed by atoms with E-state index >= 15 is 0 Å². The summed E-state index contributed by atoms with van der Waals surface area (Å²) >= 11 is 5.94.